The number of nitrogens with zero attached hydrogens (tertiary/aromatic N) is 3. The maximum atomic E-state index is 12.3. The van der Waals surface area contributed by atoms with Crippen molar-refractivity contribution in [1.29, 1.82) is 5.26 Å². The van der Waals surface area contributed by atoms with Crippen molar-refractivity contribution in [3.8, 4) is 11.8 Å². The summed E-state index contributed by atoms with van der Waals surface area (Å²) in [6.45, 7) is -0.0592. The van der Waals surface area contributed by atoms with Crippen molar-refractivity contribution in [3.63, 3.8) is 0 Å². The van der Waals surface area contributed by atoms with Crippen molar-refractivity contribution in [2.24, 2.45) is 0 Å². The second-order valence-corrected chi connectivity index (χ2v) is 4.29. The third-order valence-electron chi connectivity index (χ3n) is 3.05. The minimum atomic E-state index is -0.443. The van der Waals surface area contributed by atoms with E-state index in [0.29, 0.717) is 17.0 Å². The normalized spacial score (nSPS) is 13.0. The molecule has 21 heavy (non-hydrogen) atoms. The van der Waals surface area contributed by atoms with Crippen LogP contribution in [-0.4, -0.2) is 23.4 Å². The van der Waals surface area contributed by atoms with E-state index < -0.39 is 11.8 Å². The first-order chi connectivity index (χ1) is 10.2. The van der Waals surface area contributed by atoms with E-state index >= 15 is 0 Å². The quantitative estimate of drug-likeness (QED) is 0.800. The van der Waals surface area contributed by atoms with E-state index in [4.69, 9.17) is 10.00 Å². The molecule has 3 rings (SSSR count). The lowest BCUT2D eigenvalue weighted by Crippen LogP contribution is -2.29. The Morgan fingerprint density at radius 2 is 1.90 bits per heavy atom. The number of aromatic nitrogens is 1. The molecule has 0 N–H and O–H groups in total. The number of anilines is 1. The zero-order valence-electron chi connectivity index (χ0n) is 10.8. The Kier molecular flexibility index (Phi) is 3.09. The minimum Gasteiger partial charge on any atom is -0.479 e. The molecule has 1 aliphatic rings. The third-order valence-corrected chi connectivity index (χ3v) is 3.05. The molecule has 0 saturated carbocycles. The summed E-state index contributed by atoms with van der Waals surface area (Å²) in [5, 5.41) is 8.44. The van der Waals surface area contributed by atoms with Gasteiger partial charge < -0.3 is 4.74 Å². The molecule has 1 aromatic carbocycles. The second kappa shape index (κ2) is 5.06. The summed E-state index contributed by atoms with van der Waals surface area (Å²) in [7, 11) is 0. The van der Waals surface area contributed by atoms with Gasteiger partial charge in [0.2, 0.25) is 0 Å². The van der Waals surface area contributed by atoms with Gasteiger partial charge in [-0.15, -0.1) is 0 Å². The molecule has 0 fully saturated rings. The van der Waals surface area contributed by atoms with Gasteiger partial charge in [0.15, 0.2) is 6.61 Å². The molecule has 1 aliphatic heterocycles. The number of hydrogen-bond acceptors (Lipinski definition) is 5. The van der Waals surface area contributed by atoms with Crippen LogP contribution in [0, 0.1) is 11.3 Å². The summed E-state index contributed by atoms with van der Waals surface area (Å²) < 4.78 is 5.13. The largest absolute Gasteiger partial charge is 0.479 e. The van der Waals surface area contributed by atoms with Crippen LogP contribution in [0.15, 0.2) is 42.6 Å². The molecule has 2 heterocycles. The van der Waals surface area contributed by atoms with Gasteiger partial charge in [-0.1, -0.05) is 0 Å². The summed E-state index contributed by atoms with van der Waals surface area (Å²) in [5.41, 5.74) is 0.895. The van der Waals surface area contributed by atoms with Gasteiger partial charge in [0.1, 0.15) is 17.5 Å². The highest BCUT2D eigenvalue weighted by Gasteiger charge is 2.37. The van der Waals surface area contributed by atoms with Crippen LogP contribution in [0.25, 0.3) is 0 Å². The van der Waals surface area contributed by atoms with Crippen molar-refractivity contribution >= 4 is 17.5 Å². The molecule has 0 atom stereocenters. The molecule has 6 heteroatoms. The number of pyridine rings is 1. The van der Waals surface area contributed by atoms with Gasteiger partial charge in [-0.25, -0.2) is 4.90 Å². The molecule has 1 aromatic heterocycles. The van der Waals surface area contributed by atoms with E-state index in [1.54, 1.807) is 36.4 Å². The highest BCUT2D eigenvalue weighted by molar-refractivity contribution is 6.33. The van der Waals surface area contributed by atoms with Crippen LogP contribution in [0.4, 0.5) is 5.69 Å². The monoisotopic (exact) mass is 279 g/mol. The number of hydrogen-bond donors (Lipinski definition) is 0. The number of fused-ring (bicyclic) bond motifs is 1. The van der Waals surface area contributed by atoms with Crippen molar-refractivity contribution in [3.05, 3.63) is 53.9 Å². The zero-order valence-corrected chi connectivity index (χ0v) is 10.8. The van der Waals surface area contributed by atoms with Gasteiger partial charge in [-0.05, 0) is 36.4 Å². The molecule has 0 spiro atoms. The fourth-order valence-electron chi connectivity index (χ4n) is 2.11. The van der Waals surface area contributed by atoms with Gasteiger partial charge >= 0.3 is 0 Å². The Morgan fingerprint density at radius 1 is 1.14 bits per heavy atom. The Labute approximate surface area is 120 Å². The Bertz CT molecular complexity index is 727. The van der Waals surface area contributed by atoms with Crippen LogP contribution in [0.1, 0.15) is 20.8 Å². The van der Waals surface area contributed by atoms with Gasteiger partial charge in [0, 0.05) is 6.20 Å². The number of amides is 2. The Hall–Kier alpha value is -3.20. The zero-order chi connectivity index (χ0) is 14.8. The van der Waals surface area contributed by atoms with Crippen molar-refractivity contribution in [2.75, 3.05) is 11.5 Å². The molecule has 6 nitrogen and oxygen atoms in total. The fourth-order valence-corrected chi connectivity index (χ4v) is 2.11. The molecular formula is C15H9N3O3. The van der Waals surface area contributed by atoms with Crippen LogP contribution in [0.3, 0.4) is 0 Å². The average molecular weight is 279 g/mol. The highest BCUT2D eigenvalue weighted by atomic mass is 16.5. The molecule has 2 aromatic rings. The van der Waals surface area contributed by atoms with Crippen molar-refractivity contribution in [2.45, 2.75) is 0 Å². The molecule has 2 amide bonds. The van der Waals surface area contributed by atoms with Crippen molar-refractivity contribution < 1.29 is 14.3 Å². The standard InChI is InChI=1S/C15H9N3O3/c16-7-9-21-11-5-3-10(4-6-11)18-14(19)12-2-1-8-17-13(12)15(18)20/h1-6,8H,9H2. The predicted molar refractivity (Wildman–Crippen MR) is 72.9 cm³/mol. The predicted octanol–water partition coefficient (Wildman–Crippen LogP) is 1.78. The van der Waals surface area contributed by atoms with E-state index in [1.807, 2.05) is 6.07 Å². The molecule has 0 radical (unpaired) electrons. The topological polar surface area (TPSA) is 83.3 Å². The van der Waals surface area contributed by atoms with Gasteiger partial charge in [0.25, 0.3) is 11.8 Å². The average Bonchev–Trinajstić information content (AvgIpc) is 2.78. The van der Waals surface area contributed by atoms with E-state index in [1.165, 1.54) is 6.20 Å². The third kappa shape index (κ3) is 2.11. The highest BCUT2D eigenvalue weighted by Crippen LogP contribution is 2.28. The Balaban J connectivity index is 1.91. The van der Waals surface area contributed by atoms with Crippen molar-refractivity contribution in [1.82, 2.24) is 4.98 Å². The first-order valence-corrected chi connectivity index (χ1v) is 6.16. The number of nitriles is 1. The van der Waals surface area contributed by atoms with Gasteiger partial charge in [-0.3, -0.25) is 14.6 Å². The number of benzene rings is 1. The maximum absolute atomic E-state index is 12.3. The lowest BCUT2D eigenvalue weighted by Gasteiger charge is -2.13. The number of carbonyl (C=O) groups excluding carboxylic acids is 2. The summed E-state index contributed by atoms with van der Waals surface area (Å²) in [6.07, 6.45) is 1.48. The molecule has 0 saturated heterocycles. The summed E-state index contributed by atoms with van der Waals surface area (Å²) in [6, 6.07) is 11.4. The second-order valence-electron chi connectivity index (χ2n) is 4.29. The first kappa shape index (κ1) is 12.8. The van der Waals surface area contributed by atoms with Crippen LogP contribution >= 0.6 is 0 Å². The number of carbonyl (C=O) groups is 2. The number of rotatable bonds is 3. The SMILES string of the molecule is N#CCOc1ccc(N2C(=O)c3cccnc3C2=O)cc1. The van der Waals surface area contributed by atoms with Crippen LogP contribution in [0.5, 0.6) is 5.75 Å². The number of ether oxygens (including phenoxy) is 1. The fraction of sp³-hybridized carbons (Fsp3) is 0.0667. The first-order valence-electron chi connectivity index (χ1n) is 6.16. The minimum absolute atomic E-state index is 0.0592. The van der Waals surface area contributed by atoms with Crippen LogP contribution in [0.2, 0.25) is 0 Å². The van der Waals surface area contributed by atoms with E-state index in [0.717, 1.165) is 4.90 Å². The van der Waals surface area contributed by atoms with Gasteiger partial charge in [0.05, 0.1) is 11.3 Å². The molecule has 102 valence electrons. The lowest BCUT2D eigenvalue weighted by atomic mass is 10.2. The lowest BCUT2D eigenvalue weighted by molar-refractivity contribution is 0.0924. The van der Waals surface area contributed by atoms with Gasteiger partial charge in [-0.2, -0.15) is 5.26 Å². The molecule has 0 bridgehead atoms. The van der Waals surface area contributed by atoms with E-state index in [-0.39, 0.29) is 12.3 Å². The Morgan fingerprint density at radius 3 is 2.57 bits per heavy atom. The molecular weight excluding hydrogens is 270 g/mol. The smallest absolute Gasteiger partial charge is 0.284 e. The summed E-state index contributed by atoms with van der Waals surface area (Å²) in [4.78, 5) is 29.5. The van der Waals surface area contributed by atoms with Crippen LogP contribution in [-0.2, 0) is 0 Å². The molecule has 0 unspecified atom stereocenters. The van der Waals surface area contributed by atoms with E-state index in [2.05, 4.69) is 4.98 Å². The molecule has 0 aliphatic carbocycles. The summed E-state index contributed by atoms with van der Waals surface area (Å²) in [5.74, 6) is -0.342. The number of imide groups is 1. The van der Waals surface area contributed by atoms with Crippen LogP contribution < -0.4 is 9.64 Å². The van der Waals surface area contributed by atoms with E-state index in [9.17, 15) is 9.59 Å². The maximum Gasteiger partial charge on any atom is 0.284 e. The summed E-state index contributed by atoms with van der Waals surface area (Å²) >= 11 is 0.